The van der Waals surface area contributed by atoms with Gasteiger partial charge in [-0.25, -0.2) is 4.98 Å². The molecule has 1 aliphatic rings. The molecule has 2 heterocycles. The highest BCUT2D eigenvalue weighted by Gasteiger charge is 2.36. The summed E-state index contributed by atoms with van der Waals surface area (Å²) in [5.41, 5.74) is 5.18. The summed E-state index contributed by atoms with van der Waals surface area (Å²) in [6.45, 7) is -0.455. The second kappa shape index (κ2) is 4.03. The fraction of sp³-hybridized carbons (Fsp3) is 0.375. The number of nitrogens with zero attached hydrogens (tertiary/aromatic N) is 3. The largest absolute Gasteiger partial charge is 0.505 e. The lowest BCUT2D eigenvalue weighted by Gasteiger charge is -2.11. The fourth-order valence-electron chi connectivity index (χ4n) is 1.36. The Hall–Kier alpha value is -2.13. The van der Waals surface area contributed by atoms with E-state index < -0.39 is 24.6 Å². The number of hydrogen-bond acceptors (Lipinski definition) is 7. The molecule has 1 aliphatic heterocycles. The predicted molar refractivity (Wildman–Crippen MR) is 54.8 cm³/mol. The van der Waals surface area contributed by atoms with Crippen molar-refractivity contribution in [3.8, 4) is 0 Å². The molecule has 0 spiro atoms. The first-order valence-electron chi connectivity index (χ1n) is 4.69. The molecule has 9 nitrogen and oxygen atoms in total. The lowest BCUT2D eigenvalue weighted by molar-refractivity contribution is 0.0134. The lowest BCUT2D eigenvalue weighted by Crippen LogP contribution is -2.27. The van der Waals surface area contributed by atoms with E-state index in [4.69, 9.17) is 21.0 Å². The molecule has 2 rings (SSSR count). The van der Waals surface area contributed by atoms with Crippen LogP contribution in [-0.2, 0) is 4.74 Å². The van der Waals surface area contributed by atoms with Crippen LogP contribution >= 0.6 is 0 Å². The molecule has 0 saturated heterocycles. The van der Waals surface area contributed by atoms with Crippen molar-refractivity contribution >= 4 is 11.7 Å². The van der Waals surface area contributed by atoms with Crippen LogP contribution in [0.2, 0.25) is 0 Å². The molecule has 2 atom stereocenters. The maximum Gasteiger partial charge on any atom is 0.258 e. The second-order valence-corrected chi connectivity index (χ2v) is 3.40. The number of ether oxygens (including phenoxy) is 1. The summed E-state index contributed by atoms with van der Waals surface area (Å²) in [5, 5.41) is 38.8. The van der Waals surface area contributed by atoms with Crippen LogP contribution in [0.4, 0.5) is 0 Å². The normalized spacial score (nSPS) is 23.9. The van der Waals surface area contributed by atoms with Gasteiger partial charge in [0.15, 0.2) is 23.8 Å². The van der Waals surface area contributed by atoms with Gasteiger partial charge in [0, 0.05) is 0 Å². The van der Waals surface area contributed by atoms with E-state index in [1.807, 2.05) is 0 Å². The van der Waals surface area contributed by atoms with Gasteiger partial charge in [0.25, 0.3) is 5.88 Å². The summed E-state index contributed by atoms with van der Waals surface area (Å²) in [6.07, 6.45) is -1.09. The quantitative estimate of drug-likeness (QED) is 0.303. The number of aliphatic hydroxyl groups is 3. The van der Waals surface area contributed by atoms with Gasteiger partial charge in [-0.05, 0) is 0 Å². The van der Waals surface area contributed by atoms with Gasteiger partial charge in [0.05, 0.1) is 6.61 Å². The Morgan fingerprint density at radius 3 is 2.82 bits per heavy atom. The SMILES string of the molecule is N=C(N)c1ncn(C2=C(O)C(O)[C@@H](CO)O2)n1. The van der Waals surface area contributed by atoms with E-state index in [1.54, 1.807) is 0 Å². The molecule has 0 amide bonds. The number of nitrogens with one attached hydrogen (secondary N) is 1. The van der Waals surface area contributed by atoms with Crippen molar-refractivity contribution < 1.29 is 20.1 Å². The van der Waals surface area contributed by atoms with Crippen LogP contribution in [-0.4, -0.2) is 54.7 Å². The van der Waals surface area contributed by atoms with Crippen molar-refractivity contribution in [1.82, 2.24) is 14.8 Å². The van der Waals surface area contributed by atoms with Crippen LogP contribution in [0.1, 0.15) is 5.82 Å². The average molecular weight is 241 g/mol. The Morgan fingerprint density at radius 2 is 2.35 bits per heavy atom. The minimum atomic E-state index is -1.32. The zero-order valence-electron chi connectivity index (χ0n) is 8.61. The molecule has 1 aromatic heterocycles. The smallest absolute Gasteiger partial charge is 0.258 e. The zero-order valence-corrected chi connectivity index (χ0v) is 8.61. The zero-order chi connectivity index (χ0) is 12.6. The second-order valence-electron chi connectivity index (χ2n) is 3.40. The molecule has 0 aromatic carbocycles. The van der Waals surface area contributed by atoms with Gasteiger partial charge in [0.2, 0.25) is 5.82 Å². The summed E-state index contributed by atoms with van der Waals surface area (Å²) >= 11 is 0. The Bertz CT molecular complexity index is 482. The Balaban J connectivity index is 2.31. The first-order valence-corrected chi connectivity index (χ1v) is 4.69. The maximum absolute atomic E-state index is 9.58. The third-order valence-corrected chi connectivity index (χ3v) is 2.24. The van der Waals surface area contributed by atoms with E-state index in [0.717, 1.165) is 4.68 Å². The third-order valence-electron chi connectivity index (χ3n) is 2.24. The monoisotopic (exact) mass is 241 g/mol. The van der Waals surface area contributed by atoms with Crippen molar-refractivity contribution in [3.63, 3.8) is 0 Å². The molecule has 92 valence electrons. The summed E-state index contributed by atoms with van der Waals surface area (Å²) in [4.78, 5) is 3.70. The van der Waals surface area contributed by atoms with Gasteiger partial charge in [-0.3, -0.25) is 5.41 Å². The topological polar surface area (TPSA) is 150 Å². The summed E-state index contributed by atoms with van der Waals surface area (Å²) in [6, 6.07) is 0. The fourth-order valence-corrected chi connectivity index (χ4v) is 1.36. The van der Waals surface area contributed by atoms with Gasteiger partial charge in [0.1, 0.15) is 6.33 Å². The predicted octanol–water partition coefficient (Wildman–Crippen LogP) is -2.00. The maximum atomic E-state index is 9.58. The van der Waals surface area contributed by atoms with Crippen molar-refractivity contribution in [1.29, 1.82) is 5.41 Å². The van der Waals surface area contributed by atoms with E-state index in [9.17, 15) is 10.2 Å². The molecule has 0 aliphatic carbocycles. The molecular formula is C8H11N5O4. The highest BCUT2D eigenvalue weighted by Crippen LogP contribution is 2.26. The molecule has 1 aromatic rings. The van der Waals surface area contributed by atoms with Gasteiger partial charge in [-0.2, -0.15) is 4.68 Å². The number of aliphatic hydroxyl groups excluding tert-OH is 3. The van der Waals surface area contributed by atoms with Crippen molar-refractivity contribution in [3.05, 3.63) is 17.9 Å². The number of hydrogen-bond donors (Lipinski definition) is 5. The van der Waals surface area contributed by atoms with E-state index in [1.165, 1.54) is 6.33 Å². The van der Waals surface area contributed by atoms with E-state index in [-0.39, 0.29) is 17.5 Å². The summed E-state index contributed by atoms with van der Waals surface area (Å²) in [7, 11) is 0. The van der Waals surface area contributed by atoms with Crippen LogP contribution in [0, 0.1) is 5.41 Å². The number of amidine groups is 1. The lowest BCUT2D eigenvalue weighted by atomic mass is 10.2. The molecule has 1 unspecified atom stereocenters. The summed E-state index contributed by atoms with van der Waals surface area (Å²) in [5.74, 6) is -0.961. The molecule has 6 N–H and O–H groups in total. The van der Waals surface area contributed by atoms with E-state index in [0.29, 0.717) is 0 Å². The number of rotatable bonds is 3. The molecule has 9 heteroatoms. The first kappa shape index (κ1) is 11.4. The molecule has 17 heavy (non-hydrogen) atoms. The minimum absolute atomic E-state index is 0.0316. The first-order chi connectivity index (χ1) is 8.04. The standard InChI is InChI=1S/C8H11N5O4/c9-6(10)7-11-2-13(12-7)8-5(16)4(15)3(1-14)17-8/h2-4,14-16H,1H2,(H3,9,10)/t3-,4?/m1/s1. The van der Waals surface area contributed by atoms with Crippen LogP contribution in [0.25, 0.3) is 5.88 Å². The van der Waals surface area contributed by atoms with Crippen molar-refractivity contribution in [2.45, 2.75) is 12.2 Å². The van der Waals surface area contributed by atoms with Gasteiger partial charge in [-0.15, -0.1) is 5.10 Å². The molecular weight excluding hydrogens is 230 g/mol. The van der Waals surface area contributed by atoms with Gasteiger partial charge in [-0.1, -0.05) is 0 Å². The van der Waals surface area contributed by atoms with Gasteiger partial charge < -0.3 is 25.8 Å². The molecule has 0 bridgehead atoms. The van der Waals surface area contributed by atoms with Crippen LogP contribution in [0.3, 0.4) is 0 Å². The highest BCUT2D eigenvalue weighted by atomic mass is 16.5. The van der Waals surface area contributed by atoms with Crippen molar-refractivity contribution in [2.24, 2.45) is 5.73 Å². The van der Waals surface area contributed by atoms with Crippen LogP contribution in [0.5, 0.6) is 0 Å². The Kier molecular flexibility index (Phi) is 2.69. The van der Waals surface area contributed by atoms with Crippen LogP contribution < -0.4 is 5.73 Å². The van der Waals surface area contributed by atoms with Crippen LogP contribution in [0.15, 0.2) is 12.1 Å². The Morgan fingerprint density at radius 1 is 1.65 bits per heavy atom. The number of nitrogens with two attached hydrogens (primary N) is 1. The van der Waals surface area contributed by atoms with Crippen molar-refractivity contribution in [2.75, 3.05) is 6.61 Å². The van der Waals surface area contributed by atoms with E-state index in [2.05, 4.69) is 10.1 Å². The molecule has 0 fully saturated rings. The third kappa shape index (κ3) is 1.81. The summed E-state index contributed by atoms with van der Waals surface area (Å²) < 4.78 is 6.13. The van der Waals surface area contributed by atoms with Gasteiger partial charge >= 0.3 is 0 Å². The molecule has 0 radical (unpaired) electrons. The molecule has 0 saturated carbocycles. The average Bonchev–Trinajstić information content (AvgIpc) is 2.87. The van der Waals surface area contributed by atoms with E-state index >= 15 is 0 Å². The minimum Gasteiger partial charge on any atom is -0.505 e. The highest BCUT2D eigenvalue weighted by molar-refractivity contribution is 5.91. The Labute approximate surface area is 95.3 Å². The number of aromatic nitrogens is 3. The number of nitrogen functional groups attached to an aromatic ring is 1.